The monoisotopic (exact) mass is 290 g/mol. The second-order valence-electron chi connectivity index (χ2n) is 4.23. The van der Waals surface area contributed by atoms with Crippen molar-refractivity contribution in [3.8, 4) is 0 Å². The van der Waals surface area contributed by atoms with E-state index in [1.807, 2.05) is 31.2 Å². The molecular weight excluding hydrogens is 279 g/mol. The average molecular weight is 291 g/mol. The minimum absolute atomic E-state index is 0.159. The molecule has 0 aliphatic carbocycles. The van der Waals surface area contributed by atoms with Gasteiger partial charge < -0.3 is 0 Å². The van der Waals surface area contributed by atoms with Crippen molar-refractivity contribution in [3.05, 3.63) is 76.3 Å². The molecule has 0 radical (unpaired) electrons. The molecule has 0 bridgehead atoms. The Morgan fingerprint density at radius 1 is 1.05 bits per heavy atom. The van der Waals surface area contributed by atoms with Crippen molar-refractivity contribution in [1.82, 2.24) is 0 Å². The number of hydrogen-bond donors (Lipinski definition) is 0. The fraction of sp³-hybridized carbons (Fsp3) is 0.0625. The molecule has 0 aliphatic heterocycles. The minimum Gasteiger partial charge on any atom is -0.289 e. The zero-order valence-electron chi connectivity index (χ0n) is 10.4. The molecule has 0 saturated heterocycles. The SMILES string of the molecule is Cc1ccc(/C(Cl)=C/C(=O)c2cccc(Cl)c2)cc1. The molecule has 0 saturated carbocycles. The van der Waals surface area contributed by atoms with E-state index in [2.05, 4.69) is 0 Å². The van der Waals surface area contributed by atoms with E-state index in [1.54, 1.807) is 24.3 Å². The van der Waals surface area contributed by atoms with Gasteiger partial charge >= 0.3 is 0 Å². The molecule has 0 heterocycles. The smallest absolute Gasteiger partial charge is 0.187 e. The number of carbonyl (C=O) groups is 1. The molecule has 1 nitrogen and oxygen atoms in total. The van der Waals surface area contributed by atoms with Gasteiger partial charge in [0.2, 0.25) is 0 Å². The zero-order valence-corrected chi connectivity index (χ0v) is 11.9. The van der Waals surface area contributed by atoms with Gasteiger partial charge in [-0.05, 0) is 24.6 Å². The Hall–Kier alpha value is -1.57. The van der Waals surface area contributed by atoms with Gasteiger partial charge in [0.05, 0.1) is 5.03 Å². The molecule has 0 aliphatic rings. The van der Waals surface area contributed by atoms with Crippen LogP contribution in [-0.4, -0.2) is 5.78 Å². The van der Waals surface area contributed by atoms with E-state index >= 15 is 0 Å². The molecule has 2 aromatic rings. The summed E-state index contributed by atoms with van der Waals surface area (Å²) in [5.41, 5.74) is 2.50. The summed E-state index contributed by atoms with van der Waals surface area (Å²) in [6, 6.07) is 14.5. The summed E-state index contributed by atoms with van der Waals surface area (Å²) >= 11 is 12.0. The van der Waals surface area contributed by atoms with Crippen molar-refractivity contribution < 1.29 is 4.79 Å². The predicted octanol–water partition coefficient (Wildman–Crippen LogP) is 5.11. The molecule has 0 fully saturated rings. The third kappa shape index (κ3) is 3.69. The molecule has 2 aromatic carbocycles. The van der Waals surface area contributed by atoms with Crippen LogP contribution >= 0.6 is 23.2 Å². The summed E-state index contributed by atoms with van der Waals surface area (Å²) in [5, 5.41) is 0.954. The summed E-state index contributed by atoms with van der Waals surface area (Å²) in [6.45, 7) is 2.00. The molecule has 0 aromatic heterocycles. The Labute approximate surface area is 122 Å². The Balaban J connectivity index is 2.25. The quantitative estimate of drug-likeness (QED) is 0.567. The molecule has 0 N–H and O–H groups in total. The van der Waals surface area contributed by atoms with Gasteiger partial charge in [-0.15, -0.1) is 0 Å². The highest BCUT2D eigenvalue weighted by Gasteiger charge is 2.06. The Morgan fingerprint density at radius 2 is 1.74 bits per heavy atom. The van der Waals surface area contributed by atoms with Crippen molar-refractivity contribution >= 4 is 34.0 Å². The number of hydrogen-bond acceptors (Lipinski definition) is 1. The highest BCUT2D eigenvalue weighted by molar-refractivity contribution is 6.50. The number of rotatable bonds is 3. The number of ketones is 1. The van der Waals surface area contributed by atoms with Crippen molar-refractivity contribution in [2.24, 2.45) is 0 Å². The van der Waals surface area contributed by atoms with E-state index in [0.717, 1.165) is 11.1 Å². The minimum atomic E-state index is -0.159. The van der Waals surface area contributed by atoms with Crippen LogP contribution in [-0.2, 0) is 0 Å². The van der Waals surface area contributed by atoms with Crippen molar-refractivity contribution in [2.75, 3.05) is 0 Å². The van der Waals surface area contributed by atoms with E-state index < -0.39 is 0 Å². The lowest BCUT2D eigenvalue weighted by atomic mass is 10.1. The first-order chi connectivity index (χ1) is 9.06. The summed E-state index contributed by atoms with van der Waals surface area (Å²) in [6.07, 6.45) is 1.41. The maximum Gasteiger partial charge on any atom is 0.187 e. The Kier molecular flexibility index (Phi) is 4.41. The lowest BCUT2D eigenvalue weighted by molar-refractivity contribution is 0.104. The number of benzene rings is 2. The second kappa shape index (κ2) is 6.05. The summed E-state index contributed by atoms with van der Waals surface area (Å²) in [7, 11) is 0. The third-order valence-electron chi connectivity index (χ3n) is 2.69. The molecule has 96 valence electrons. The van der Waals surface area contributed by atoms with Gasteiger partial charge in [0.25, 0.3) is 0 Å². The van der Waals surface area contributed by atoms with Gasteiger partial charge in [-0.3, -0.25) is 4.79 Å². The molecule has 2 rings (SSSR count). The van der Waals surface area contributed by atoms with Crippen LogP contribution < -0.4 is 0 Å². The standard InChI is InChI=1S/C16H12Cl2O/c1-11-5-7-12(8-6-11)15(18)10-16(19)13-3-2-4-14(17)9-13/h2-10H,1H3/b15-10-. The van der Waals surface area contributed by atoms with Crippen LogP contribution in [0.1, 0.15) is 21.5 Å². The van der Waals surface area contributed by atoms with Crippen LogP contribution in [0.15, 0.2) is 54.6 Å². The number of aryl methyl sites for hydroxylation is 1. The predicted molar refractivity (Wildman–Crippen MR) is 80.8 cm³/mol. The van der Waals surface area contributed by atoms with Crippen LogP contribution in [0.25, 0.3) is 5.03 Å². The van der Waals surface area contributed by atoms with Gasteiger partial charge in [0, 0.05) is 16.7 Å². The molecule has 0 spiro atoms. The van der Waals surface area contributed by atoms with Crippen LogP contribution in [0.3, 0.4) is 0 Å². The van der Waals surface area contributed by atoms with Crippen LogP contribution in [0.2, 0.25) is 5.02 Å². The van der Waals surface area contributed by atoms with E-state index in [4.69, 9.17) is 23.2 Å². The largest absolute Gasteiger partial charge is 0.289 e. The maximum absolute atomic E-state index is 12.0. The van der Waals surface area contributed by atoms with Crippen molar-refractivity contribution in [3.63, 3.8) is 0 Å². The third-order valence-corrected chi connectivity index (χ3v) is 3.26. The molecule has 3 heteroatoms. The van der Waals surface area contributed by atoms with E-state index in [-0.39, 0.29) is 5.78 Å². The van der Waals surface area contributed by atoms with Crippen molar-refractivity contribution in [1.29, 1.82) is 0 Å². The Bertz CT molecular complexity index is 627. The normalized spacial score (nSPS) is 11.4. The molecule has 19 heavy (non-hydrogen) atoms. The summed E-state index contributed by atoms with van der Waals surface area (Å²) < 4.78 is 0. The number of halogens is 2. The molecular formula is C16H12Cl2O. The number of carbonyl (C=O) groups excluding carboxylic acids is 1. The first kappa shape index (κ1) is 13.9. The van der Waals surface area contributed by atoms with Crippen molar-refractivity contribution in [2.45, 2.75) is 6.92 Å². The fourth-order valence-electron chi connectivity index (χ4n) is 1.64. The molecule has 0 amide bonds. The topological polar surface area (TPSA) is 17.1 Å². The van der Waals surface area contributed by atoms with Gasteiger partial charge in [0.1, 0.15) is 0 Å². The number of allylic oxidation sites excluding steroid dienone is 1. The fourth-order valence-corrected chi connectivity index (χ4v) is 2.05. The van der Waals surface area contributed by atoms with Crippen LogP contribution in [0.5, 0.6) is 0 Å². The zero-order chi connectivity index (χ0) is 13.8. The van der Waals surface area contributed by atoms with Gasteiger partial charge in [-0.25, -0.2) is 0 Å². The lowest BCUT2D eigenvalue weighted by Crippen LogP contribution is -1.94. The van der Waals surface area contributed by atoms with E-state index in [1.165, 1.54) is 6.08 Å². The lowest BCUT2D eigenvalue weighted by Gasteiger charge is -2.01. The summed E-state index contributed by atoms with van der Waals surface area (Å²) in [5.74, 6) is -0.159. The maximum atomic E-state index is 12.0. The van der Waals surface area contributed by atoms with E-state index in [9.17, 15) is 4.79 Å². The van der Waals surface area contributed by atoms with Crippen LogP contribution in [0.4, 0.5) is 0 Å². The highest BCUT2D eigenvalue weighted by atomic mass is 35.5. The molecule has 0 unspecified atom stereocenters. The average Bonchev–Trinajstić information content (AvgIpc) is 2.39. The summed E-state index contributed by atoms with van der Waals surface area (Å²) in [4.78, 5) is 12.0. The first-order valence-corrected chi connectivity index (χ1v) is 6.56. The molecule has 0 atom stereocenters. The van der Waals surface area contributed by atoms with Gasteiger partial charge in [-0.1, -0.05) is 65.2 Å². The van der Waals surface area contributed by atoms with E-state index in [0.29, 0.717) is 15.6 Å². The second-order valence-corrected chi connectivity index (χ2v) is 5.08. The first-order valence-electron chi connectivity index (χ1n) is 5.80. The van der Waals surface area contributed by atoms with Gasteiger partial charge in [-0.2, -0.15) is 0 Å². The highest BCUT2D eigenvalue weighted by Crippen LogP contribution is 2.21. The Morgan fingerprint density at radius 3 is 2.37 bits per heavy atom. The van der Waals surface area contributed by atoms with Gasteiger partial charge in [0.15, 0.2) is 5.78 Å². The van der Waals surface area contributed by atoms with Crippen LogP contribution in [0, 0.1) is 6.92 Å².